The van der Waals surface area contributed by atoms with Crippen molar-refractivity contribution in [3.63, 3.8) is 0 Å². The first-order valence-corrected chi connectivity index (χ1v) is 6.05. The van der Waals surface area contributed by atoms with Gasteiger partial charge in [0, 0.05) is 17.5 Å². The van der Waals surface area contributed by atoms with E-state index in [9.17, 15) is 14.9 Å². The van der Waals surface area contributed by atoms with Crippen LogP contribution in [0.1, 0.15) is 6.42 Å². The molecule has 106 valence electrons. The first-order valence-electron chi connectivity index (χ1n) is 5.67. The first-order chi connectivity index (χ1) is 9.47. The molecule has 1 aromatic carbocycles. The molecule has 0 unspecified atom stereocenters. The number of nitrogens with one attached hydrogen (secondary N) is 1. The Kier molecular flexibility index (Phi) is 4.04. The molecule has 0 saturated carbocycles. The number of rotatable bonds is 5. The van der Waals surface area contributed by atoms with Crippen LogP contribution in [0.4, 0.5) is 11.4 Å². The molecule has 3 N–H and O–H groups in total. The van der Waals surface area contributed by atoms with Crippen LogP contribution in [-0.2, 0) is 9.63 Å². The maximum atomic E-state index is 10.9. The van der Waals surface area contributed by atoms with Gasteiger partial charge in [-0.25, -0.2) is 0 Å². The van der Waals surface area contributed by atoms with Crippen molar-refractivity contribution in [2.24, 2.45) is 10.9 Å². The molecular weight excluding hydrogens is 288 g/mol. The highest BCUT2D eigenvalue weighted by Gasteiger charge is 2.25. The Morgan fingerprint density at radius 1 is 1.65 bits per heavy atom. The standard InChI is InChI=1S/C11H11ClN4O4/c12-6-1-2-8(10(3-6)16(18)19)14-5-7-4-9(11(13)17)15-20-7/h1-3,7,14H,4-5H2,(H2,13,17)/t7-/m1/s1. The number of amides is 1. The predicted octanol–water partition coefficient (Wildman–Crippen LogP) is 1.29. The van der Waals surface area contributed by atoms with Crippen molar-refractivity contribution in [2.45, 2.75) is 12.5 Å². The number of nitrogens with two attached hydrogens (primary N) is 1. The van der Waals surface area contributed by atoms with Gasteiger partial charge in [-0.15, -0.1) is 0 Å². The lowest BCUT2D eigenvalue weighted by Gasteiger charge is -2.11. The average Bonchev–Trinajstić information content (AvgIpc) is 2.86. The minimum Gasteiger partial charge on any atom is -0.390 e. The molecule has 2 rings (SSSR count). The smallest absolute Gasteiger partial charge is 0.293 e. The van der Waals surface area contributed by atoms with Crippen molar-refractivity contribution < 1.29 is 14.6 Å². The number of nitro groups is 1. The van der Waals surface area contributed by atoms with E-state index in [-0.39, 0.29) is 29.4 Å². The second-order valence-corrected chi connectivity index (χ2v) is 4.57. The summed E-state index contributed by atoms with van der Waals surface area (Å²) in [6.07, 6.45) is -0.128. The third-order valence-electron chi connectivity index (χ3n) is 2.69. The molecule has 1 amide bonds. The number of nitrogens with zero attached hydrogens (tertiary/aromatic N) is 2. The highest BCUT2D eigenvalue weighted by Crippen LogP contribution is 2.28. The molecule has 20 heavy (non-hydrogen) atoms. The summed E-state index contributed by atoms with van der Waals surface area (Å²) in [5, 5.41) is 17.6. The van der Waals surface area contributed by atoms with Crippen LogP contribution in [0.25, 0.3) is 0 Å². The fraction of sp³-hybridized carbons (Fsp3) is 0.273. The first kappa shape index (κ1) is 14.1. The lowest BCUT2D eigenvalue weighted by molar-refractivity contribution is -0.383. The molecule has 1 aliphatic rings. The lowest BCUT2D eigenvalue weighted by Crippen LogP contribution is -2.26. The van der Waals surface area contributed by atoms with Crippen molar-refractivity contribution in [2.75, 3.05) is 11.9 Å². The van der Waals surface area contributed by atoms with Crippen molar-refractivity contribution >= 4 is 34.6 Å². The molecule has 1 heterocycles. The number of halogens is 1. The van der Waals surface area contributed by atoms with E-state index in [0.717, 1.165) is 0 Å². The van der Waals surface area contributed by atoms with Crippen LogP contribution in [0.15, 0.2) is 23.4 Å². The van der Waals surface area contributed by atoms with E-state index < -0.39 is 16.9 Å². The molecule has 0 bridgehead atoms. The second-order valence-electron chi connectivity index (χ2n) is 4.13. The van der Waals surface area contributed by atoms with E-state index in [2.05, 4.69) is 10.5 Å². The summed E-state index contributed by atoms with van der Waals surface area (Å²) in [5.41, 5.74) is 5.41. The zero-order valence-electron chi connectivity index (χ0n) is 10.2. The molecule has 0 saturated heterocycles. The van der Waals surface area contributed by atoms with E-state index in [1.807, 2.05) is 0 Å². The number of anilines is 1. The molecule has 1 aromatic rings. The summed E-state index contributed by atoms with van der Waals surface area (Å²) < 4.78 is 0. The van der Waals surface area contributed by atoms with Crippen LogP contribution in [0, 0.1) is 10.1 Å². The van der Waals surface area contributed by atoms with Crippen LogP contribution in [0.5, 0.6) is 0 Å². The van der Waals surface area contributed by atoms with Gasteiger partial charge in [-0.1, -0.05) is 16.8 Å². The normalized spacial score (nSPS) is 17.2. The van der Waals surface area contributed by atoms with Gasteiger partial charge < -0.3 is 15.9 Å². The minimum absolute atomic E-state index is 0.133. The Morgan fingerprint density at radius 3 is 3.00 bits per heavy atom. The van der Waals surface area contributed by atoms with Crippen LogP contribution in [0.2, 0.25) is 5.02 Å². The maximum Gasteiger partial charge on any atom is 0.293 e. The van der Waals surface area contributed by atoms with Gasteiger partial charge in [-0.2, -0.15) is 0 Å². The molecule has 0 fully saturated rings. The molecule has 0 radical (unpaired) electrons. The fourth-order valence-electron chi connectivity index (χ4n) is 1.71. The summed E-state index contributed by atoms with van der Waals surface area (Å²) >= 11 is 5.72. The Morgan fingerprint density at radius 2 is 2.40 bits per heavy atom. The van der Waals surface area contributed by atoms with Crippen LogP contribution in [-0.4, -0.2) is 29.2 Å². The third-order valence-corrected chi connectivity index (χ3v) is 2.93. The van der Waals surface area contributed by atoms with Gasteiger partial charge in [-0.3, -0.25) is 14.9 Å². The highest BCUT2D eigenvalue weighted by atomic mass is 35.5. The number of carbonyl (C=O) groups is 1. The van der Waals surface area contributed by atoms with Gasteiger partial charge in [0.15, 0.2) is 6.10 Å². The van der Waals surface area contributed by atoms with E-state index in [1.165, 1.54) is 18.2 Å². The fourth-order valence-corrected chi connectivity index (χ4v) is 1.88. The zero-order chi connectivity index (χ0) is 14.7. The van der Waals surface area contributed by atoms with Gasteiger partial charge in [0.05, 0.1) is 11.5 Å². The number of benzene rings is 1. The number of nitro benzene ring substituents is 1. The average molecular weight is 299 g/mol. The van der Waals surface area contributed by atoms with E-state index in [4.69, 9.17) is 22.2 Å². The van der Waals surface area contributed by atoms with E-state index >= 15 is 0 Å². The largest absolute Gasteiger partial charge is 0.390 e. The summed E-state index contributed by atoms with van der Waals surface area (Å²) in [5.74, 6) is -0.634. The third kappa shape index (κ3) is 3.15. The molecule has 0 aliphatic carbocycles. The van der Waals surface area contributed by atoms with Crippen molar-refractivity contribution in [1.29, 1.82) is 0 Å². The Hall–Kier alpha value is -2.35. The molecular formula is C11H11ClN4O4. The SMILES string of the molecule is NC(=O)C1=NO[C@@H](CNc2ccc(Cl)cc2[N+](=O)[O-])C1. The monoisotopic (exact) mass is 298 g/mol. The lowest BCUT2D eigenvalue weighted by atomic mass is 10.1. The van der Waals surface area contributed by atoms with Gasteiger partial charge in [0.1, 0.15) is 11.4 Å². The number of oxime groups is 1. The second kappa shape index (κ2) is 5.74. The predicted molar refractivity (Wildman–Crippen MR) is 72.7 cm³/mol. The summed E-state index contributed by atoms with van der Waals surface area (Å²) in [4.78, 5) is 26.3. The maximum absolute atomic E-state index is 10.9. The summed E-state index contributed by atoms with van der Waals surface area (Å²) in [6.45, 7) is 0.253. The van der Waals surface area contributed by atoms with E-state index in [0.29, 0.717) is 5.69 Å². The van der Waals surface area contributed by atoms with Crippen LogP contribution in [0.3, 0.4) is 0 Å². The van der Waals surface area contributed by atoms with Gasteiger partial charge >= 0.3 is 0 Å². The Labute approximate surface area is 118 Å². The number of hydrogen-bond acceptors (Lipinski definition) is 6. The Balaban J connectivity index is 1.99. The molecule has 8 nitrogen and oxygen atoms in total. The van der Waals surface area contributed by atoms with Crippen molar-refractivity contribution in [1.82, 2.24) is 0 Å². The highest BCUT2D eigenvalue weighted by molar-refractivity contribution is 6.38. The van der Waals surface area contributed by atoms with Gasteiger partial charge in [0.2, 0.25) is 0 Å². The molecule has 1 atom stereocenters. The zero-order valence-corrected chi connectivity index (χ0v) is 11.0. The van der Waals surface area contributed by atoms with Crippen LogP contribution >= 0.6 is 11.6 Å². The summed E-state index contributed by atoms with van der Waals surface area (Å²) in [7, 11) is 0. The summed E-state index contributed by atoms with van der Waals surface area (Å²) in [6, 6.07) is 4.30. The topological polar surface area (TPSA) is 120 Å². The quantitative estimate of drug-likeness (QED) is 0.627. The van der Waals surface area contributed by atoms with Crippen LogP contribution < -0.4 is 11.1 Å². The van der Waals surface area contributed by atoms with Gasteiger partial charge in [-0.05, 0) is 12.1 Å². The molecule has 1 aliphatic heterocycles. The molecule has 9 heteroatoms. The number of carbonyl (C=O) groups excluding carboxylic acids is 1. The van der Waals surface area contributed by atoms with Crippen molar-refractivity contribution in [3.05, 3.63) is 33.3 Å². The van der Waals surface area contributed by atoms with E-state index in [1.54, 1.807) is 0 Å². The van der Waals surface area contributed by atoms with Crippen molar-refractivity contribution in [3.8, 4) is 0 Å². The molecule has 0 spiro atoms. The number of hydrogen-bond donors (Lipinski definition) is 2. The minimum atomic E-state index is -0.634. The number of primary amides is 1. The molecule has 0 aromatic heterocycles. The Bertz CT molecular complexity index is 590. The van der Waals surface area contributed by atoms with Gasteiger partial charge in [0.25, 0.3) is 11.6 Å².